The minimum atomic E-state index is -0.487. The maximum absolute atomic E-state index is 10.9. The van der Waals surface area contributed by atoms with Gasteiger partial charge in [0.15, 0.2) is 11.4 Å². The van der Waals surface area contributed by atoms with E-state index in [0.29, 0.717) is 11.1 Å². The fourth-order valence-corrected chi connectivity index (χ4v) is 1.77. The molecule has 2 rings (SSSR count). The molecule has 0 unspecified atom stereocenters. The van der Waals surface area contributed by atoms with E-state index in [4.69, 9.17) is 27.9 Å². The molecular weight excluding hydrogens is 546 g/mol. The monoisotopic (exact) mass is 556 g/mol. The zero-order chi connectivity index (χ0) is 26.5. The third-order valence-electron chi connectivity index (χ3n) is 2.71. The van der Waals surface area contributed by atoms with Crippen LogP contribution in [0.25, 0.3) is 0 Å². The Balaban J connectivity index is -0.0000000911. The van der Waals surface area contributed by atoms with E-state index >= 15 is 0 Å². The van der Waals surface area contributed by atoms with Gasteiger partial charge in [0, 0.05) is 26.6 Å². The Labute approximate surface area is 215 Å². The van der Waals surface area contributed by atoms with Crippen LogP contribution in [0.15, 0.2) is 48.5 Å². The van der Waals surface area contributed by atoms with Crippen molar-refractivity contribution in [3.05, 3.63) is 133 Å². The molecule has 0 aromatic heterocycles. The Morgan fingerprint density at radius 1 is 0.559 bits per heavy atom. The first kappa shape index (κ1) is 48.0. The molecule has 0 bridgehead atoms. The smallest absolute Gasteiger partial charge is 0 e. The third-order valence-corrected chi connectivity index (χ3v) is 2.71. The van der Waals surface area contributed by atoms with Crippen LogP contribution in [0.5, 0.6) is 0 Å². The van der Waals surface area contributed by atoms with Gasteiger partial charge >= 0.3 is 84.6 Å². The van der Waals surface area contributed by atoms with Crippen molar-refractivity contribution in [2.75, 3.05) is 0 Å². The largest absolute Gasteiger partial charge is 2.00 e. The summed E-state index contributed by atoms with van der Waals surface area (Å²) in [6, 6.07) is 12.4. The second kappa shape index (κ2) is 39.9. The fourth-order valence-electron chi connectivity index (χ4n) is 1.77. The van der Waals surface area contributed by atoms with E-state index in [1.807, 2.05) is 0 Å². The molecule has 0 atom stereocenters. The number of nitrogens with zero attached hydrogens (tertiary/aromatic N) is 2. The summed E-state index contributed by atoms with van der Waals surface area (Å²) in [7, 11) is 0. The summed E-state index contributed by atoms with van der Waals surface area (Å²) in [6.07, 6.45) is 3.00. The molecular formula is C20H10Co2N2O10. The van der Waals surface area contributed by atoms with Gasteiger partial charge in [-0.25, -0.2) is 12.8 Å². The Bertz CT molecular complexity index is 819. The molecule has 2 radical (unpaired) electrons. The minimum absolute atomic E-state index is 0. The van der Waals surface area contributed by atoms with Gasteiger partial charge in [-0.3, -0.25) is 20.2 Å². The molecule has 0 N–H and O–H groups in total. The van der Waals surface area contributed by atoms with E-state index in [0.717, 1.165) is 0 Å². The van der Waals surface area contributed by atoms with Crippen LogP contribution < -0.4 is 0 Å². The molecule has 0 spiro atoms. The first-order valence-electron chi connectivity index (χ1n) is 6.97. The summed E-state index contributed by atoms with van der Waals surface area (Å²) in [5.41, 5.74) is 0.718. The maximum Gasteiger partial charge on any atom is 2.00 e. The van der Waals surface area contributed by atoms with Crippen molar-refractivity contribution in [1.29, 1.82) is 0 Å². The molecule has 0 saturated heterocycles. The van der Waals surface area contributed by atoms with Gasteiger partial charge in [0.2, 0.25) is 0 Å². The second-order valence-corrected chi connectivity index (χ2v) is 3.97. The van der Waals surface area contributed by atoms with Gasteiger partial charge in [-0.2, -0.15) is 12.1 Å². The molecule has 0 fully saturated rings. The second-order valence-electron chi connectivity index (χ2n) is 3.97. The van der Waals surface area contributed by atoms with Gasteiger partial charge in [-0.15, -0.1) is 23.3 Å². The molecule has 14 heteroatoms. The number of hydrogen-bond donors (Lipinski definition) is 0. The molecule has 0 amide bonds. The molecule has 0 aliphatic heterocycles. The molecule has 0 heterocycles. The van der Waals surface area contributed by atoms with Crippen molar-refractivity contribution in [3.8, 4) is 0 Å². The van der Waals surface area contributed by atoms with Crippen LogP contribution in [-0.2, 0) is 61.5 Å². The van der Waals surface area contributed by atoms with Gasteiger partial charge in [-0.1, -0.05) is 12.1 Å². The molecule has 2 aromatic rings. The van der Waals surface area contributed by atoms with E-state index in [1.54, 1.807) is 36.4 Å². The van der Waals surface area contributed by atoms with Gasteiger partial charge < -0.3 is 0 Å². The normalized spacial score (nSPS) is 6.12. The van der Waals surface area contributed by atoms with E-state index < -0.39 is 9.85 Å². The van der Waals surface area contributed by atoms with Gasteiger partial charge in [-0.05, 0) is 12.1 Å². The third kappa shape index (κ3) is 21.7. The number of hydrogen-bond acceptors (Lipinski definition) is 4. The molecule has 34 heavy (non-hydrogen) atoms. The van der Waals surface area contributed by atoms with Crippen molar-refractivity contribution in [1.82, 2.24) is 0 Å². The molecule has 2 aromatic carbocycles. The van der Waals surface area contributed by atoms with E-state index in [9.17, 15) is 20.2 Å². The van der Waals surface area contributed by atoms with E-state index in [1.165, 1.54) is 25.0 Å². The molecule has 0 saturated carbocycles. The number of benzene rings is 2. The summed E-state index contributed by atoms with van der Waals surface area (Å²) in [5.74, 6) is 0. The average Bonchev–Trinajstić information content (AvgIpc) is 2.90. The minimum Gasteiger partial charge on any atom is 0 e. The number of rotatable bonds is 5. The van der Waals surface area contributed by atoms with Crippen molar-refractivity contribution in [2.45, 2.75) is 0 Å². The Morgan fingerprint density at radius 2 is 0.765 bits per heavy atom. The molecule has 12 nitrogen and oxygen atoms in total. The number of para-hydroxylation sites is 2. The zero-order valence-electron chi connectivity index (χ0n) is 16.4. The summed E-state index contributed by atoms with van der Waals surface area (Å²) in [6.45, 7) is 27.0. The first-order valence-corrected chi connectivity index (χ1v) is 6.97. The maximum atomic E-state index is 10.9. The standard InChI is InChI=1S/C14H10N2O4.6CO.2Co/c17-15(18)13-7-3-1-5-11(13)9-10-12-6-2-4-8-14(12)16(19)20;6*1-2;;/h1-10H;;;;;;;;/q-2;;;;;;;;+2. The predicted octanol–water partition coefficient (Wildman–Crippen LogP) is 3.08. The molecule has 178 valence electrons. The molecule has 0 aliphatic rings. The van der Waals surface area contributed by atoms with Crippen molar-refractivity contribution >= 4 is 11.4 Å². The summed E-state index contributed by atoms with van der Waals surface area (Å²) in [5, 5.41) is 21.7. The van der Waals surface area contributed by atoms with Crippen LogP contribution in [0.3, 0.4) is 0 Å². The zero-order valence-corrected chi connectivity index (χ0v) is 18.5. The quantitative estimate of drug-likeness (QED) is 0.235. The van der Waals surface area contributed by atoms with Crippen LogP contribution in [-0.4, -0.2) is 9.85 Å². The van der Waals surface area contributed by atoms with E-state index in [-0.39, 0.29) is 44.9 Å². The molecule has 0 aliphatic carbocycles. The first-order chi connectivity index (χ1) is 15.6. The van der Waals surface area contributed by atoms with Crippen molar-refractivity contribution in [2.24, 2.45) is 0 Å². The summed E-state index contributed by atoms with van der Waals surface area (Å²) < 4.78 is 45.0. The number of nitro benzene ring substituents is 2. The number of nitro groups is 2. The average molecular weight is 556 g/mol. The van der Waals surface area contributed by atoms with Crippen LogP contribution in [0.4, 0.5) is 11.4 Å². The van der Waals surface area contributed by atoms with Crippen LogP contribution in [0.1, 0.15) is 11.1 Å². The van der Waals surface area contributed by atoms with Gasteiger partial charge in [0.1, 0.15) is 0 Å². The Hall–Kier alpha value is -3.57. The van der Waals surface area contributed by atoms with Crippen LogP contribution in [0.2, 0.25) is 0 Å². The summed E-state index contributed by atoms with van der Waals surface area (Å²) >= 11 is 0. The van der Waals surface area contributed by atoms with Crippen LogP contribution >= 0.6 is 0 Å². The van der Waals surface area contributed by atoms with Crippen molar-refractivity contribution < 1.29 is 71.3 Å². The summed E-state index contributed by atoms with van der Waals surface area (Å²) in [4.78, 5) is 20.8. The topological polar surface area (TPSA) is 206 Å². The van der Waals surface area contributed by atoms with Crippen molar-refractivity contribution in [3.63, 3.8) is 0 Å². The van der Waals surface area contributed by atoms with Gasteiger partial charge in [0.05, 0.1) is 0 Å². The SMILES string of the molecule is O=[N+]([O-])c1ccccc1[CH-][CH-]c1ccccc1[N+](=O)[O-].[C-]#[O+].[C-]#[O+].[C-]#[O+].[C-]#[O+].[C-]#[O+].[C-]#[O+].[Co+2].[Co]. The van der Waals surface area contributed by atoms with Crippen LogP contribution in [0, 0.1) is 73.0 Å². The Morgan fingerprint density at radius 3 is 0.971 bits per heavy atom. The van der Waals surface area contributed by atoms with E-state index in [2.05, 4.69) is 39.9 Å². The predicted molar refractivity (Wildman–Crippen MR) is 96.6 cm³/mol. The van der Waals surface area contributed by atoms with Gasteiger partial charge in [0.25, 0.3) is 0 Å². The fraction of sp³-hybridized carbons (Fsp3) is 0. The Kier molecular flexibility index (Phi) is 56.3.